The third-order valence-electron chi connectivity index (χ3n) is 4.37. The summed E-state index contributed by atoms with van der Waals surface area (Å²) in [6.07, 6.45) is 3.68. The van der Waals surface area contributed by atoms with Gasteiger partial charge in [0, 0.05) is 18.1 Å². The number of amides is 1. The molecule has 0 saturated heterocycles. The van der Waals surface area contributed by atoms with Crippen molar-refractivity contribution in [2.24, 2.45) is 0 Å². The van der Waals surface area contributed by atoms with Gasteiger partial charge in [0.05, 0.1) is 11.3 Å². The quantitative estimate of drug-likeness (QED) is 0.711. The van der Waals surface area contributed by atoms with Gasteiger partial charge in [-0.15, -0.1) is 0 Å². The predicted octanol–water partition coefficient (Wildman–Crippen LogP) is 2.47. The Labute approximate surface area is 158 Å². The van der Waals surface area contributed by atoms with Crippen molar-refractivity contribution < 1.29 is 13.2 Å². The number of halogens is 1. The maximum Gasteiger partial charge on any atom is 0.240 e. The molecule has 1 amide bonds. The lowest BCUT2D eigenvalue weighted by molar-refractivity contribution is -0.120. The Hall–Kier alpha value is -1.89. The van der Waals surface area contributed by atoms with Crippen LogP contribution in [0.1, 0.15) is 23.1 Å². The molecule has 0 spiro atoms. The molecule has 26 heavy (non-hydrogen) atoms. The molecule has 0 fully saturated rings. The number of aryl methyl sites for hydroxylation is 2. The number of benzene rings is 2. The zero-order valence-corrected chi connectivity index (χ0v) is 15.9. The minimum absolute atomic E-state index is 0.106. The highest BCUT2D eigenvalue weighted by molar-refractivity contribution is 7.89. The van der Waals surface area contributed by atoms with Gasteiger partial charge in [-0.1, -0.05) is 35.9 Å². The summed E-state index contributed by atoms with van der Waals surface area (Å²) in [5, 5.41) is 3.10. The van der Waals surface area contributed by atoms with Crippen LogP contribution in [0.3, 0.4) is 0 Å². The lowest BCUT2D eigenvalue weighted by atomic mass is 10.0. The van der Waals surface area contributed by atoms with Crippen molar-refractivity contribution in [2.75, 3.05) is 13.1 Å². The van der Waals surface area contributed by atoms with Crippen molar-refractivity contribution in [3.63, 3.8) is 0 Å². The first-order chi connectivity index (χ1) is 12.4. The Balaban J connectivity index is 1.45. The van der Waals surface area contributed by atoms with Crippen molar-refractivity contribution >= 4 is 27.5 Å². The first kappa shape index (κ1) is 18.9. The van der Waals surface area contributed by atoms with Crippen LogP contribution in [0.15, 0.2) is 47.4 Å². The molecule has 0 saturated carbocycles. The molecule has 0 aromatic heterocycles. The molecule has 3 rings (SSSR count). The number of nitrogens with one attached hydrogen (secondary N) is 2. The normalized spacial score (nSPS) is 13.4. The van der Waals surface area contributed by atoms with Gasteiger partial charge in [-0.05, 0) is 54.2 Å². The minimum Gasteiger partial charge on any atom is -0.355 e. The molecule has 2 N–H and O–H groups in total. The Bertz CT molecular complexity index is 913. The Kier molecular flexibility index (Phi) is 5.96. The van der Waals surface area contributed by atoms with Crippen LogP contribution >= 0.6 is 11.6 Å². The Morgan fingerprint density at radius 3 is 2.65 bits per heavy atom. The van der Waals surface area contributed by atoms with Crippen molar-refractivity contribution in [3.05, 3.63) is 64.2 Å². The van der Waals surface area contributed by atoms with Crippen LogP contribution in [-0.4, -0.2) is 27.4 Å². The van der Waals surface area contributed by atoms with Gasteiger partial charge in [0.15, 0.2) is 0 Å². The zero-order chi connectivity index (χ0) is 18.6. The maximum absolute atomic E-state index is 12.1. The van der Waals surface area contributed by atoms with E-state index >= 15 is 0 Å². The number of hydrogen-bond acceptors (Lipinski definition) is 3. The number of fused-ring (bicyclic) bond motifs is 1. The van der Waals surface area contributed by atoms with Gasteiger partial charge in [-0.2, -0.15) is 0 Å². The van der Waals surface area contributed by atoms with Gasteiger partial charge in [-0.3, -0.25) is 4.79 Å². The third-order valence-corrected chi connectivity index (χ3v) is 6.07. The fourth-order valence-corrected chi connectivity index (χ4v) is 4.42. The van der Waals surface area contributed by atoms with Gasteiger partial charge >= 0.3 is 0 Å². The van der Waals surface area contributed by atoms with E-state index in [1.54, 1.807) is 12.1 Å². The summed E-state index contributed by atoms with van der Waals surface area (Å²) in [6.45, 7) is 0.342. The van der Waals surface area contributed by atoms with Crippen LogP contribution in [0, 0.1) is 0 Å². The molecule has 0 bridgehead atoms. The van der Waals surface area contributed by atoms with Gasteiger partial charge < -0.3 is 5.32 Å². The topological polar surface area (TPSA) is 75.3 Å². The lowest BCUT2D eigenvalue weighted by Crippen LogP contribution is -2.35. The standard InChI is InChI=1S/C19H21ClN2O3S/c20-17-5-2-6-18(13-17)26(24,25)22-10-9-21-19(23)12-14-7-8-15-3-1-4-16(15)11-14/h2,5-8,11,13,22H,1,3-4,9-10,12H2,(H,21,23). The fourth-order valence-electron chi connectivity index (χ4n) is 3.09. The minimum atomic E-state index is -3.63. The van der Waals surface area contributed by atoms with E-state index in [-0.39, 0.29) is 23.9 Å². The predicted molar refractivity (Wildman–Crippen MR) is 102 cm³/mol. The van der Waals surface area contributed by atoms with Crippen molar-refractivity contribution in [2.45, 2.75) is 30.6 Å². The second-order valence-corrected chi connectivity index (χ2v) is 8.54. The molecule has 0 unspecified atom stereocenters. The molecule has 138 valence electrons. The van der Waals surface area contributed by atoms with Crippen LogP contribution < -0.4 is 10.0 Å². The molecule has 0 radical (unpaired) electrons. The number of carbonyl (C=O) groups is 1. The summed E-state index contributed by atoms with van der Waals surface area (Å²) in [5.74, 6) is -0.120. The first-order valence-electron chi connectivity index (χ1n) is 8.57. The van der Waals surface area contributed by atoms with Crippen LogP contribution in [0.25, 0.3) is 0 Å². The lowest BCUT2D eigenvalue weighted by Gasteiger charge is -2.09. The largest absolute Gasteiger partial charge is 0.355 e. The summed E-state index contributed by atoms with van der Waals surface area (Å²) in [7, 11) is -3.63. The molecule has 0 heterocycles. The number of rotatable bonds is 7. The van der Waals surface area contributed by atoms with E-state index in [1.165, 1.54) is 29.7 Å². The molecule has 5 nitrogen and oxygen atoms in total. The summed E-state index contributed by atoms with van der Waals surface area (Å²) in [4.78, 5) is 12.2. The highest BCUT2D eigenvalue weighted by atomic mass is 35.5. The van der Waals surface area contributed by atoms with Crippen LogP contribution in [-0.2, 0) is 34.1 Å². The zero-order valence-electron chi connectivity index (χ0n) is 14.3. The summed E-state index contributed by atoms with van der Waals surface area (Å²) < 4.78 is 26.7. The number of sulfonamides is 1. The van der Waals surface area contributed by atoms with E-state index in [0.29, 0.717) is 11.4 Å². The van der Waals surface area contributed by atoms with Crippen LogP contribution in [0.5, 0.6) is 0 Å². The third kappa shape index (κ3) is 4.84. The average Bonchev–Trinajstić information content (AvgIpc) is 3.06. The van der Waals surface area contributed by atoms with Crippen LogP contribution in [0.4, 0.5) is 0 Å². The van der Waals surface area contributed by atoms with E-state index in [2.05, 4.69) is 22.2 Å². The van der Waals surface area contributed by atoms with Gasteiger partial charge in [-0.25, -0.2) is 13.1 Å². The van der Waals surface area contributed by atoms with Crippen molar-refractivity contribution in [1.29, 1.82) is 0 Å². The van der Waals surface area contributed by atoms with E-state index in [4.69, 9.17) is 11.6 Å². The molecule has 0 aliphatic heterocycles. The SMILES string of the molecule is O=C(Cc1ccc2c(c1)CCC2)NCCNS(=O)(=O)c1cccc(Cl)c1. The monoisotopic (exact) mass is 392 g/mol. The summed E-state index contributed by atoms with van der Waals surface area (Å²) >= 11 is 5.82. The second kappa shape index (κ2) is 8.20. The molecule has 7 heteroatoms. The summed E-state index contributed by atoms with van der Waals surface area (Å²) in [6, 6.07) is 12.2. The average molecular weight is 393 g/mol. The second-order valence-electron chi connectivity index (χ2n) is 6.34. The summed E-state index contributed by atoms with van der Waals surface area (Å²) in [5.41, 5.74) is 3.71. The highest BCUT2D eigenvalue weighted by Crippen LogP contribution is 2.23. The van der Waals surface area contributed by atoms with E-state index in [1.807, 2.05) is 6.07 Å². The Morgan fingerprint density at radius 2 is 1.85 bits per heavy atom. The van der Waals surface area contributed by atoms with Crippen LogP contribution in [0.2, 0.25) is 5.02 Å². The smallest absolute Gasteiger partial charge is 0.240 e. The molecule has 1 aliphatic carbocycles. The van der Waals surface area contributed by atoms with E-state index in [9.17, 15) is 13.2 Å². The first-order valence-corrected chi connectivity index (χ1v) is 10.4. The maximum atomic E-state index is 12.1. The number of hydrogen-bond donors (Lipinski definition) is 2. The molecule has 0 atom stereocenters. The van der Waals surface area contributed by atoms with Gasteiger partial charge in [0.2, 0.25) is 15.9 Å². The van der Waals surface area contributed by atoms with Gasteiger partial charge in [0.25, 0.3) is 0 Å². The molecular weight excluding hydrogens is 372 g/mol. The molecule has 1 aliphatic rings. The molecule has 2 aromatic carbocycles. The highest BCUT2D eigenvalue weighted by Gasteiger charge is 2.14. The van der Waals surface area contributed by atoms with Gasteiger partial charge in [0.1, 0.15) is 0 Å². The Morgan fingerprint density at radius 1 is 1.04 bits per heavy atom. The van der Waals surface area contributed by atoms with Crippen molar-refractivity contribution in [1.82, 2.24) is 10.0 Å². The number of carbonyl (C=O) groups excluding carboxylic acids is 1. The molecular formula is C19H21ClN2O3S. The molecule has 2 aromatic rings. The fraction of sp³-hybridized carbons (Fsp3) is 0.316. The van der Waals surface area contributed by atoms with E-state index < -0.39 is 10.0 Å². The van der Waals surface area contributed by atoms with E-state index in [0.717, 1.165) is 18.4 Å². The van der Waals surface area contributed by atoms with Crippen molar-refractivity contribution in [3.8, 4) is 0 Å².